The first kappa shape index (κ1) is 14.7. The zero-order valence-electron chi connectivity index (χ0n) is 10.3. The molecule has 0 bridgehead atoms. The van der Waals surface area contributed by atoms with Crippen molar-refractivity contribution in [1.29, 1.82) is 0 Å². The highest BCUT2D eigenvalue weighted by molar-refractivity contribution is 7.80. The molecule has 0 saturated carbocycles. The van der Waals surface area contributed by atoms with Gasteiger partial charge in [0.2, 0.25) is 0 Å². The molecule has 0 aliphatic heterocycles. The van der Waals surface area contributed by atoms with E-state index in [0.717, 1.165) is 0 Å². The third-order valence-corrected chi connectivity index (χ3v) is 3.53. The summed E-state index contributed by atoms with van der Waals surface area (Å²) >= 11 is 10.2. The van der Waals surface area contributed by atoms with Crippen LogP contribution in [0.1, 0.15) is 20.8 Å². The molecule has 1 aromatic rings. The van der Waals surface area contributed by atoms with Gasteiger partial charge >= 0.3 is 0 Å². The fraction of sp³-hybridized carbons (Fsp3) is 0.538. The Bertz CT molecular complexity index is 356. The van der Waals surface area contributed by atoms with Gasteiger partial charge in [-0.2, -0.15) is 12.6 Å². The fourth-order valence-electron chi connectivity index (χ4n) is 1.38. The zero-order chi connectivity index (χ0) is 13.1. The molecule has 1 nitrogen and oxygen atoms in total. The molecule has 0 radical (unpaired) electrons. The molecule has 0 saturated heterocycles. The van der Waals surface area contributed by atoms with Crippen LogP contribution in [0.5, 0.6) is 5.75 Å². The summed E-state index contributed by atoms with van der Waals surface area (Å²) in [5, 5.41) is 0.303. The second kappa shape index (κ2) is 5.96. The molecule has 0 heterocycles. The number of benzene rings is 1. The zero-order valence-corrected chi connectivity index (χ0v) is 12.0. The van der Waals surface area contributed by atoms with E-state index in [-0.39, 0.29) is 17.1 Å². The van der Waals surface area contributed by atoms with Gasteiger partial charge in [0.25, 0.3) is 0 Å². The first-order valence-electron chi connectivity index (χ1n) is 5.54. The minimum atomic E-state index is -0.427. The van der Waals surface area contributed by atoms with Crippen LogP contribution in [-0.4, -0.2) is 12.4 Å². The van der Waals surface area contributed by atoms with E-state index in [1.54, 1.807) is 12.1 Å². The first-order chi connectivity index (χ1) is 7.86. The quantitative estimate of drug-likeness (QED) is 0.800. The van der Waals surface area contributed by atoms with Gasteiger partial charge in [-0.15, -0.1) is 0 Å². The van der Waals surface area contributed by atoms with Gasteiger partial charge in [0.1, 0.15) is 0 Å². The number of hydrogen-bond acceptors (Lipinski definition) is 2. The Labute approximate surface area is 113 Å². The predicted molar refractivity (Wildman–Crippen MR) is 73.7 cm³/mol. The number of rotatable bonds is 4. The molecule has 0 amide bonds. The van der Waals surface area contributed by atoms with Crippen molar-refractivity contribution in [2.24, 2.45) is 11.3 Å². The number of hydrogen-bond donors (Lipinski definition) is 1. The molecular weight excluding hydrogens is 259 g/mol. The lowest BCUT2D eigenvalue weighted by Crippen LogP contribution is -2.28. The van der Waals surface area contributed by atoms with Crippen molar-refractivity contribution >= 4 is 24.2 Å². The number of para-hydroxylation sites is 1. The van der Waals surface area contributed by atoms with Crippen LogP contribution < -0.4 is 4.74 Å². The summed E-state index contributed by atoms with van der Waals surface area (Å²) in [6.45, 7) is 6.74. The van der Waals surface area contributed by atoms with Gasteiger partial charge in [0.05, 0.1) is 11.6 Å². The van der Waals surface area contributed by atoms with E-state index in [1.807, 2.05) is 0 Å². The summed E-state index contributed by atoms with van der Waals surface area (Å²) < 4.78 is 19.0. The maximum Gasteiger partial charge on any atom is 0.173 e. The highest BCUT2D eigenvalue weighted by Gasteiger charge is 2.24. The Morgan fingerprint density at radius 3 is 2.53 bits per heavy atom. The van der Waals surface area contributed by atoms with Gasteiger partial charge in [-0.05, 0) is 23.3 Å². The Kier molecular flexibility index (Phi) is 5.14. The Morgan fingerprint density at radius 2 is 2.06 bits per heavy atom. The maximum absolute atomic E-state index is 13.5. The van der Waals surface area contributed by atoms with Crippen molar-refractivity contribution in [2.45, 2.75) is 20.8 Å². The van der Waals surface area contributed by atoms with Gasteiger partial charge in [0.15, 0.2) is 11.6 Å². The van der Waals surface area contributed by atoms with E-state index >= 15 is 0 Å². The molecule has 0 N–H and O–H groups in total. The number of halogens is 2. The standard InChI is InChI=1S/C13H18ClFOS/c1-13(2,3)9(8-17)7-16-12-10(14)5-4-6-11(12)15/h4-6,9,17H,7-8H2,1-3H3. The molecule has 0 aliphatic carbocycles. The van der Waals surface area contributed by atoms with Gasteiger partial charge in [0, 0.05) is 5.92 Å². The molecule has 0 spiro atoms. The normalized spacial score (nSPS) is 13.5. The van der Waals surface area contributed by atoms with Crippen LogP contribution in [0.15, 0.2) is 18.2 Å². The van der Waals surface area contributed by atoms with Crippen LogP contribution in [0, 0.1) is 17.2 Å². The van der Waals surface area contributed by atoms with E-state index in [0.29, 0.717) is 17.4 Å². The molecule has 1 atom stereocenters. The molecule has 0 aromatic heterocycles. The molecular formula is C13H18ClFOS. The molecule has 17 heavy (non-hydrogen) atoms. The van der Waals surface area contributed by atoms with Crippen LogP contribution in [0.4, 0.5) is 4.39 Å². The Balaban J connectivity index is 2.73. The average Bonchev–Trinajstić information content (AvgIpc) is 2.20. The van der Waals surface area contributed by atoms with Crippen LogP contribution in [0.2, 0.25) is 5.02 Å². The maximum atomic E-state index is 13.5. The van der Waals surface area contributed by atoms with Crippen LogP contribution in [-0.2, 0) is 0 Å². The predicted octanol–water partition coefficient (Wildman–Crippen LogP) is 4.45. The fourth-order valence-corrected chi connectivity index (χ4v) is 2.25. The molecule has 96 valence electrons. The molecule has 0 fully saturated rings. The minimum Gasteiger partial charge on any atom is -0.489 e. The van der Waals surface area contributed by atoms with Crippen molar-refractivity contribution in [1.82, 2.24) is 0 Å². The lowest BCUT2D eigenvalue weighted by molar-refractivity contribution is 0.161. The van der Waals surface area contributed by atoms with Crippen molar-refractivity contribution in [3.8, 4) is 5.75 Å². The van der Waals surface area contributed by atoms with Gasteiger partial charge in [-0.25, -0.2) is 4.39 Å². The minimum absolute atomic E-state index is 0.0689. The largest absolute Gasteiger partial charge is 0.489 e. The number of ether oxygens (including phenoxy) is 1. The Hall–Kier alpha value is -0.410. The lowest BCUT2D eigenvalue weighted by Gasteiger charge is -2.29. The average molecular weight is 277 g/mol. The van der Waals surface area contributed by atoms with Crippen molar-refractivity contribution in [3.05, 3.63) is 29.0 Å². The Morgan fingerprint density at radius 1 is 1.41 bits per heavy atom. The first-order valence-corrected chi connectivity index (χ1v) is 6.55. The highest BCUT2D eigenvalue weighted by atomic mass is 35.5. The van der Waals surface area contributed by atoms with Gasteiger partial charge < -0.3 is 4.74 Å². The highest BCUT2D eigenvalue weighted by Crippen LogP contribution is 2.31. The monoisotopic (exact) mass is 276 g/mol. The van der Waals surface area contributed by atoms with Gasteiger partial charge in [-0.3, -0.25) is 0 Å². The van der Waals surface area contributed by atoms with E-state index < -0.39 is 5.82 Å². The SMILES string of the molecule is CC(C)(C)C(CS)COc1c(F)cccc1Cl. The van der Waals surface area contributed by atoms with E-state index in [9.17, 15) is 4.39 Å². The van der Waals surface area contributed by atoms with E-state index in [4.69, 9.17) is 16.3 Å². The van der Waals surface area contributed by atoms with Crippen LogP contribution in [0.3, 0.4) is 0 Å². The van der Waals surface area contributed by atoms with Crippen LogP contribution in [0.25, 0.3) is 0 Å². The summed E-state index contributed by atoms with van der Waals surface area (Å²) in [7, 11) is 0. The molecule has 0 aliphatic rings. The molecule has 1 aromatic carbocycles. The van der Waals surface area contributed by atoms with E-state index in [1.165, 1.54) is 6.07 Å². The smallest absolute Gasteiger partial charge is 0.173 e. The van der Waals surface area contributed by atoms with Gasteiger partial charge in [-0.1, -0.05) is 38.4 Å². The van der Waals surface area contributed by atoms with E-state index in [2.05, 4.69) is 33.4 Å². The van der Waals surface area contributed by atoms with Crippen molar-refractivity contribution in [2.75, 3.05) is 12.4 Å². The molecule has 1 unspecified atom stereocenters. The third-order valence-electron chi connectivity index (χ3n) is 2.79. The molecule has 4 heteroatoms. The van der Waals surface area contributed by atoms with Crippen molar-refractivity contribution in [3.63, 3.8) is 0 Å². The summed E-state index contributed by atoms with van der Waals surface area (Å²) in [6.07, 6.45) is 0. The summed E-state index contributed by atoms with van der Waals surface area (Å²) in [5.41, 5.74) is 0.0689. The summed E-state index contributed by atoms with van der Waals surface area (Å²) in [4.78, 5) is 0. The molecule has 1 rings (SSSR count). The lowest BCUT2D eigenvalue weighted by atomic mass is 9.82. The third kappa shape index (κ3) is 4.07. The summed E-state index contributed by atoms with van der Waals surface area (Å²) in [5.74, 6) is 0.631. The van der Waals surface area contributed by atoms with Crippen molar-refractivity contribution < 1.29 is 9.13 Å². The number of thiol groups is 1. The van der Waals surface area contributed by atoms with Crippen LogP contribution >= 0.6 is 24.2 Å². The second-order valence-electron chi connectivity index (χ2n) is 5.11. The second-order valence-corrected chi connectivity index (χ2v) is 5.88. The summed E-state index contributed by atoms with van der Waals surface area (Å²) in [6, 6.07) is 4.52. The topological polar surface area (TPSA) is 9.23 Å².